The SMILES string of the molecule is CC(C)OC(=O)[C@@H]1[C@H](c2ccccc2)C1(F)F. The predicted octanol–water partition coefficient (Wildman–Crippen LogP) is 2.99. The Kier molecular flexibility index (Phi) is 2.89. The van der Waals surface area contributed by atoms with Crippen LogP contribution in [0.15, 0.2) is 30.3 Å². The van der Waals surface area contributed by atoms with E-state index in [4.69, 9.17) is 4.74 Å². The number of hydrogen-bond acceptors (Lipinski definition) is 2. The lowest BCUT2D eigenvalue weighted by Crippen LogP contribution is -2.16. The predicted molar refractivity (Wildman–Crippen MR) is 58.8 cm³/mol. The first-order valence-corrected chi connectivity index (χ1v) is 5.58. The molecular weight excluding hydrogens is 226 g/mol. The number of rotatable bonds is 3. The maximum absolute atomic E-state index is 13.5. The molecule has 2 atom stereocenters. The van der Waals surface area contributed by atoms with Gasteiger partial charge >= 0.3 is 5.97 Å². The summed E-state index contributed by atoms with van der Waals surface area (Å²) in [5, 5.41) is 0. The van der Waals surface area contributed by atoms with Crippen LogP contribution in [-0.4, -0.2) is 18.0 Å². The zero-order chi connectivity index (χ0) is 12.6. The van der Waals surface area contributed by atoms with E-state index in [-0.39, 0.29) is 6.10 Å². The average Bonchev–Trinajstić information content (AvgIpc) is 2.82. The van der Waals surface area contributed by atoms with E-state index in [0.717, 1.165) is 0 Å². The minimum absolute atomic E-state index is 0.365. The third-order valence-corrected chi connectivity index (χ3v) is 2.82. The molecule has 92 valence electrons. The number of carbonyl (C=O) groups is 1. The molecule has 1 fully saturated rings. The van der Waals surface area contributed by atoms with Gasteiger partial charge in [-0.25, -0.2) is 8.78 Å². The molecule has 1 aromatic rings. The van der Waals surface area contributed by atoms with Gasteiger partial charge in [-0.1, -0.05) is 30.3 Å². The third kappa shape index (κ3) is 2.16. The Morgan fingerprint density at radius 3 is 2.41 bits per heavy atom. The first-order chi connectivity index (χ1) is 7.94. The van der Waals surface area contributed by atoms with Crippen molar-refractivity contribution in [3.8, 4) is 0 Å². The Morgan fingerprint density at radius 2 is 1.88 bits per heavy atom. The van der Waals surface area contributed by atoms with Crippen LogP contribution < -0.4 is 0 Å². The van der Waals surface area contributed by atoms with E-state index in [9.17, 15) is 13.6 Å². The quantitative estimate of drug-likeness (QED) is 0.759. The summed E-state index contributed by atoms with van der Waals surface area (Å²) in [4.78, 5) is 11.5. The van der Waals surface area contributed by atoms with Gasteiger partial charge in [-0.3, -0.25) is 4.79 Å². The molecule has 0 bridgehead atoms. The summed E-state index contributed by atoms with van der Waals surface area (Å²) < 4.78 is 31.9. The Morgan fingerprint density at radius 1 is 1.29 bits per heavy atom. The smallest absolute Gasteiger partial charge is 0.316 e. The van der Waals surface area contributed by atoms with E-state index in [1.54, 1.807) is 44.2 Å². The highest BCUT2D eigenvalue weighted by atomic mass is 19.3. The van der Waals surface area contributed by atoms with Gasteiger partial charge in [0.05, 0.1) is 12.0 Å². The maximum Gasteiger partial charge on any atom is 0.316 e. The van der Waals surface area contributed by atoms with Crippen molar-refractivity contribution < 1.29 is 18.3 Å². The largest absolute Gasteiger partial charge is 0.463 e. The fraction of sp³-hybridized carbons (Fsp3) is 0.462. The van der Waals surface area contributed by atoms with E-state index in [1.807, 2.05) is 0 Å². The van der Waals surface area contributed by atoms with Crippen molar-refractivity contribution in [2.75, 3.05) is 0 Å². The van der Waals surface area contributed by atoms with Crippen molar-refractivity contribution in [1.29, 1.82) is 0 Å². The van der Waals surface area contributed by atoms with E-state index in [1.165, 1.54) is 0 Å². The Labute approximate surface area is 98.6 Å². The van der Waals surface area contributed by atoms with E-state index < -0.39 is 23.7 Å². The highest BCUT2D eigenvalue weighted by molar-refractivity contribution is 5.80. The zero-order valence-corrected chi connectivity index (χ0v) is 9.69. The molecule has 17 heavy (non-hydrogen) atoms. The number of hydrogen-bond donors (Lipinski definition) is 0. The van der Waals surface area contributed by atoms with Crippen LogP contribution in [-0.2, 0) is 9.53 Å². The van der Waals surface area contributed by atoms with Crippen LogP contribution in [0.5, 0.6) is 0 Å². The lowest BCUT2D eigenvalue weighted by molar-refractivity contribution is -0.151. The number of benzene rings is 1. The topological polar surface area (TPSA) is 26.3 Å². The second-order valence-corrected chi connectivity index (χ2v) is 4.53. The van der Waals surface area contributed by atoms with Crippen molar-refractivity contribution in [3.05, 3.63) is 35.9 Å². The highest BCUT2D eigenvalue weighted by Crippen LogP contribution is 2.62. The molecule has 1 aliphatic rings. The Balaban J connectivity index is 2.14. The zero-order valence-electron chi connectivity index (χ0n) is 9.69. The Bertz CT molecular complexity index is 415. The molecule has 0 aliphatic heterocycles. The molecule has 0 saturated heterocycles. The van der Waals surface area contributed by atoms with Crippen molar-refractivity contribution in [3.63, 3.8) is 0 Å². The van der Waals surface area contributed by atoms with Crippen molar-refractivity contribution >= 4 is 5.97 Å². The molecule has 0 spiro atoms. The minimum atomic E-state index is -2.98. The van der Waals surface area contributed by atoms with Crippen LogP contribution in [0.3, 0.4) is 0 Å². The van der Waals surface area contributed by atoms with Gasteiger partial charge in [0.2, 0.25) is 0 Å². The van der Waals surface area contributed by atoms with Gasteiger partial charge in [-0.05, 0) is 19.4 Å². The summed E-state index contributed by atoms with van der Waals surface area (Å²) in [5.41, 5.74) is 0.489. The summed E-state index contributed by atoms with van der Waals surface area (Å²) in [6.07, 6.45) is -0.365. The van der Waals surface area contributed by atoms with Gasteiger partial charge in [-0.2, -0.15) is 0 Å². The summed E-state index contributed by atoms with van der Waals surface area (Å²) in [6, 6.07) is 8.36. The van der Waals surface area contributed by atoms with Gasteiger partial charge in [0.15, 0.2) is 0 Å². The van der Waals surface area contributed by atoms with Crippen LogP contribution >= 0.6 is 0 Å². The number of ether oxygens (including phenoxy) is 1. The van der Waals surface area contributed by atoms with Crippen LogP contribution in [0.25, 0.3) is 0 Å². The van der Waals surface area contributed by atoms with Crippen LogP contribution in [0, 0.1) is 5.92 Å². The number of halogens is 2. The monoisotopic (exact) mass is 240 g/mol. The molecule has 0 amide bonds. The van der Waals surface area contributed by atoms with Crippen molar-refractivity contribution in [2.24, 2.45) is 5.92 Å². The van der Waals surface area contributed by atoms with E-state index >= 15 is 0 Å². The van der Waals surface area contributed by atoms with Crippen molar-refractivity contribution in [2.45, 2.75) is 31.8 Å². The number of alkyl halides is 2. The summed E-state index contributed by atoms with van der Waals surface area (Å²) in [7, 11) is 0. The van der Waals surface area contributed by atoms with Crippen LogP contribution in [0.1, 0.15) is 25.3 Å². The summed E-state index contributed by atoms with van der Waals surface area (Å²) in [6.45, 7) is 3.30. The van der Waals surface area contributed by atoms with Gasteiger partial charge in [0, 0.05) is 0 Å². The number of carbonyl (C=O) groups excluding carboxylic acids is 1. The van der Waals surface area contributed by atoms with Gasteiger partial charge in [-0.15, -0.1) is 0 Å². The molecule has 1 aromatic carbocycles. The summed E-state index contributed by atoms with van der Waals surface area (Å²) >= 11 is 0. The normalized spacial score (nSPS) is 25.7. The molecule has 0 unspecified atom stereocenters. The molecule has 0 N–H and O–H groups in total. The second-order valence-electron chi connectivity index (χ2n) is 4.53. The van der Waals surface area contributed by atoms with Crippen LogP contribution in [0.4, 0.5) is 8.78 Å². The standard InChI is InChI=1S/C13H14F2O2/c1-8(2)17-12(16)11-10(13(11,14)15)9-6-4-3-5-7-9/h3-8,10-11H,1-2H3/t10-,11-/m0/s1. The molecule has 1 aliphatic carbocycles. The lowest BCUT2D eigenvalue weighted by Gasteiger charge is -2.06. The molecule has 2 rings (SSSR count). The fourth-order valence-corrected chi connectivity index (χ4v) is 2.00. The minimum Gasteiger partial charge on any atom is -0.463 e. The highest BCUT2D eigenvalue weighted by Gasteiger charge is 2.73. The summed E-state index contributed by atoms with van der Waals surface area (Å²) in [5.74, 6) is -6.14. The molecule has 0 aromatic heterocycles. The molecule has 0 heterocycles. The molecule has 4 heteroatoms. The lowest BCUT2D eigenvalue weighted by atomic mass is 10.1. The van der Waals surface area contributed by atoms with Crippen LogP contribution in [0.2, 0.25) is 0 Å². The van der Waals surface area contributed by atoms with E-state index in [2.05, 4.69) is 0 Å². The third-order valence-electron chi connectivity index (χ3n) is 2.82. The second kappa shape index (κ2) is 4.09. The molecule has 1 saturated carbocycles. The maximum atomic E-state index is 13.5. The average molecular weight is 240 g/mol. The first-order valence-electron chi connectivity index (χ1n) is 5.58. The fourth-order valence-electron chi connectivity index (χ4n) is 2.00. The first kappa shape index (κ1) is 12.0. The van der Waals surface area contributed by atoms with Gasteiger partial charge in [0.25, 0.3) is 5.92 Å². The molecular formula is C13H14F2O2. The van der Waals surface area contributed by atoms with Gasteiger partial charge in [0.1, 0.15) is 5.92 Å². The molecule has 0 radical (unpaired) electrons. The Hall–Kier alpha value is -1.45. The number of esters is 1. The molecule has 2 nitrogen and oxygen atoms in total. The van der Waals surface area contributed by atoms with Crippen molar-refractivity contribution in [1.82, 2.24) is 0 Å². The van der Waals surface area contributed by atoms with Gasteiger partial charge < -0.3 is 4.74 Å². The van der Waals surface area contributed by atoms with E-state index in [0.29, 0.717) is 5.56 Å².